The Bertz CT molecular complexity index is 109. The molecule has 1 radical (unpaired) electrons. The van der Waals surface area contributed by atoms with Crippen LogP contribution in [0.3, 0.4) is 0 Å². The van der Waals surface area contributed by atoms with Crippen molar-refractivity contribution in [2.75, 3.05) is 31.5 Å². The van der Waals surface area contributed by atoms with Crippen LogP contribution in [0.2, 0.25) is 0 Å². The minimum absolute atomic E-state index is 0.308. The van der Waals surface area contributed by atoms with Crippen molar-refractivity contribution < 1.29 is 9.47 Å². The van der Waals surface area contributed by atoms with Crippen molar-refractivity contribution in [2.24, 2.45) is 5.41 Å². The molecule has 0 N–H and O–H groups in total. The van der Waals surface area contributed by atoms with Crippen LogP contribution in [0.4, 0.5) is 0 Å². The Balaban J connectivity index is 1.94. The molecule has 0 atom stereocenters. The van der Waals surface area contributed by atoms with Crippen molar-refractivity contribution in [3.05, 3.63) is 5.08 Å². The molecule has 0 aromatic heterocycles. The highest BCUT2D eigenvalue weighted by molar-refractivity contribution is 8.19. The van der Waals surface area contributed by atoms with Gasteiger partial charge in [-0.25, -0.2) is 0 Å². The standard InChI is InChI=1S/C7H11O2S2/c1-7(2-9-5-8-1)3-10-6-11-4-7/h6H,1-5H2. The lowest BCUT2D eigenvalue weighted by Gasteiger charge is -2.38. The first kappa shape index (κ1) is 8.23. The van der Waals surface area contributed by atoms with E-state index in [2.05, 4.69) is 5.08 Å². The molecular formula is C7H11O2S2. The fraction of sp³-hybridized carbons (Fsp3) is 0.857. The van der Waals surface area contributed by atoms with Crippen LogP contribution in [0.25, 0.3) is 0 Å². The Morgan fingerprint density at radius 2 is 1.73 bits per heavy atom. The zero-order chi connectivity index (χ0) is 7.57. The van der Waals surface area contributed by atoms with Gasteiger partial charge < -0.3 is 9.47 Å². The minimum atomic E-state index is 0.308. The van der Waals surface area contributed by atoms with Gasteiger partial charge in [-0.3, -0.25) is 0 Å². The highest BCUT2D eigenvalue weighted by Gasteiger charge is 2.35. The van der Waals surface area contributed by atoms with E-state index in [-0.39, 0.29) is 0 Å². The molecule has 2 saturated heterocycles. The lowest BCUT2D eigenvalue weighted by Crippen LogP contribution is -2.42. The van der Waals surface area contributed by atoms with Crippen LogP contribution in [0.5, 0.6) is 0 Å². The van der Waals surface area contributed by atoms with Gasteiger partial charge in [0.15, 0.2) is 0 Å². The van der Waals surface area contributed by atoms with Crippen LogP contribution in [0.1, 0.15) is 0 Å². The fourth-order valence-corrected chi connectivity index (χ4v) is 3.60. The van der Waals surface area contributed by atoms with Gasteiger partial charge in [-0.1, -0.05) is 0 Å². The molecule has 2 nitrogen and oxygen atoms in total. The van der Waals surface area contributed by atoms with Crippen molar-refractivity contribution >= 4 is 23.5 Å². The summed E-state index contributed by atoms with van der Waals surface area (Å²) in [5.74, 6) is 2.31. The molecule has 0 aliphatic carbocycles. The van der Waals surface area contributed by atoms with E-state index in [1.807, 2.05) is 23.5 Å². The molecule has 4 heteroatoms. The molecule has 2 aliphatic heterocycles. The molecule has 2 aliphatic rings. The summed E-state index contributed by atoms with van der Waals surface area (Å²) in [5.41, 5.74) is 0.308. The third-order valence-electron chi connectivity index (χ3n) is 1.90. The largest absolute Gasteiger partial charge is 0.355 e. The monoisotopic (exact) mass is 191 g/mol. The molecule has 0 aromatic carbocycles. The van der Waals surface area contributed by atoms with Gasteiger partial charge in [-0.15, -0.1) is 23.5 Å². The highest BCUT2D eigenvalue weighted by Crippen LogP contribution is 2.39. The van der Waals surface area contributed by atoms with E-state index >= 15 is 0 Å². The summed E-state index contributed by atoms with van der Waals surface area (Å²) < 4.78 is 10.6. The molecule has 11 heavy (non-hydrogen) atoms. The van der Waals surface area contributed by atoms with Crippen molar-refractivity contribution in [3.8, 4) is 0 Å². The van der Waals surface area contributed by atoms with Crippen LogP contribution in [0, 0.1) is 10.5 Å². The predicted molar refractivity (Wildman–Crippen MR) is 48.4 cm³/mol. The van der Waals surface area contributed by atoms with E-state index in [1.165, 1.54) is 0 Å². The van der Waals surface area contributed by atoms with Gasteiger partial charge in [0.1, 0.15) is 6.79 Å². The second-order valence-corrected chi connectivity index (χ2v) is 5.05. The lowest BCUT2D eigenvalue weighted by atomic mass is 9.95. The molecule has 0 bridgehead atoms. The van der Waals surface area contributed by atoms with Crippen LogP contribution >= 0.6 is 23.5 Å². The Labute approximate surface area is 75.4 Å². The molecule has 2 heterocycles. The quantitative estimate of drug-likeness (QED) is 0.578. The summed E-state index contributed by atoms with van der Waals surface area (Å²) in [6.45, 7) is 2.24. The molecule has 63 valence electrons. The Morgan fingerprint density at radius 3 is 2.36 bits per heavy atom. The van der Waals surface area contributed by atoms with Crippen molar-refractivity contribution in [1.82, 2.24) is 0 Å². The van der Waals surface area contributed by atoms with Crippen LogP contribution in [0.15, 0.2) is 0 Å². The Hall–Kier alpha value is 0.620. The topological polar surface area (TPSA) is 18.5 Å². The van der Waals surface area contributed by atoms with E-state index in [0.29, 0.717) is 12.2 Å². The summed E-state index contributed by atoms with van der Waals surface area (Å²) in [4.78, 5) is 0. The van der Waals surface area contributed by atoms with Gasteiger partial charge in [0.2, 0.25) is 0 Å². The third kappa shape index (κ3) is 1.86. The first-order valence-electron chi connectivity index (χ1n) is 3.62. The number of rotatable bonds is 0. The average molecular weight is 191 g/mol. The molecule has 0 amide bonds. The maximum Gasteiger partial charge on any atom is 0.146 e. The van der Waals surface area contributed by atoms with Crippen LogP contribution in [-0.2, 0) is 9.47 Å². The number of hydrogen-bond donors (Lipinski definition) is 0. The lowest BCUT2D eigenvalue weighted by molar-refractivity contribution is -0.150. The van der Waals surface area contributed by atoms with Gasteiger partial charge >= 0.3 is 0 Å². The van der Waals surface area contributed by atoms with Gasteiger partial charge in [0.25, 0.3) is 0 Å². The molecule has 0 unspecified atom stereocenters. The first-order valence-corrected chi connectivity index (χ1v) is 5.72. The van der Waals surface area contributed by atoms with E-state index < -0.39 is 0 Å². The second-order valence-electron chi connectivity index (χ2n) is 3.03. The van der Waals surface area contributed by atoms with Crippen LogP contribution in [-0.4, -0.2) is 31.5 Å². The third-order valence-corrected chi connectivity index (χ3v) is 4.55. The van der Waals surface area contributed by atoms with Gasteiger partial charge in [-0.2, -0.15) is 0 Å². The number of ether oxygens (including phenoxy) is 2. The number of thioether (sulfide) groups is 2. The summed E-state index contributed by atoms with van der Waals surface area (Å²) >= 11 is 3.76. The van der Waals surface area contributed by atoms with Gasteiger partial charge in [0, 0.05) is 16.9 Å². The summed E-state index contributed by atoms with van der Waals surface area (Å²) in [5, 5.41) is 2.21. The normalized spacial score (nSPS) is 30.5. The minimum Gasteiger partial charge on any atom is -0.355 e. The fourth-order valence-electron chi connectivity index (χ4n) is 1.29. The van der Waals surface area contributed by atoms with Crippen molar-refractivity contribution in [2.45, 2.75) is 0 Å². The maximum atomic E-state index is 5.30. The Kier molecular flexibility index (Phi) is 2.66. The van der Waals surface area contributed by atoms with Gasteiger partial charge in [-0.05, 0) is 0 Å². The molecule has 0 saturated carbocycles. The smallest absolute Gasteiger partial charge is 0.146 e. The second kappa shape index (κ2) is 3.56. The van der Waals surface area contributed by atoms with E-state index in [0.717, 1.165) is 24.7 Å². The molecule has 2 fully saturated rings. The molecule has 1 spiro atoms. The van der Waals surface area contributed by atoms with Crippen LogP contribution < -0.4 is 0 Å². The van der Waals surface area contributed by atoms with E-state index in [1.54, 1.807) is 0 Å². The van der Waals surface area contributed by atoms with Gasteiger partial charge in [0.05, 0.1) is 18.3 Å². The summed E-state index contributed by atoms with van der Waals surface area (Å²) in [7, 11) is 0. The predicted octanol–water partition coefficient (Wildman–Crippen LogP) is 1.58. The average Bonchev–Trinajstić information content (AvgIpc) is 2.07. The van der Waals surface area contributed by atoms with Crippen molar-refractivity contribution in [3.63, 3.8) is 0 Å². The highest BCUT2D eigenvalue weighted by atomic mass is 32.2. The maximum absolute atomic E-state index is 5.30. The SMILES string of the molecule is [CH]1SCC2(COCOC2)CS1. The summed E-state index contributed by atoms with van der Waals surface area (Å²) in [6, 6.07) is 0. The van der Waals surface area contributed by atoms with E-state index in [4.69, 9.17) is 9.47 Å². The first-order chi connectivity index (χ1) is 5.41. The number of hydrogen-bond acceptors (Lipinski definition) is 4. The summed E-state index contributed by atoms with van der Waals surface area (Å²) in [6.07, 6.45) is 0. The molecular weight excluding hydrogens is 180 g/mol. The Morgan fingerprint density at radius 1 is 1.09 bits per heavy atom. The van der Waals surface area contributed by atoms with E-state index in [9.17, 15) is 0 Å². The molecule has 2 rings (SSSR count). The molecule has 0 aromatic rings. The zero-order valence-electron chi connectivity index (χ0n) is 6.25. The zero-order valence-corrected chi connectivity index (χ0v) is 7.88. The van der Waals surface area contributed by atoms with Crippen molar-refractivity contribution in [1.29, 1.82) is 0 Å².